The Bertz CT molecular complexity index is 695. The number of nitrogens with zero attached hydrogens (tertiary/aromatic N) is 1. The molecular weight excluding hydrogens is 334 g/mol. The number of carbonyl (C=O) groups excluding carboxylic acids is 2. The summed E-state index contributed by atoms with van der Waals surface area (Å²) in [5, 5.41) is 24.6. The highest BCUT2D eigenvalue weighted by molar-refractivity contribution is 5.96. The van der Waals surface area contributed by atoms with Crippen molar-refractivity contribution in [2.45, 2.75) is 32.8 Å². The summed E-state index contributed by atoms with van der Waals surface area (Å²) in [4.78, 5) is 44.2. The topological polar surface area (TPSA) is 148 Å². The van der Waals surface area contributed by atoms with Gasteiger partial charge in [0, 0.05) is 24.7 Å². The van der Waals surface area contributed by atoms with Gasteiger partial charge < -0.3 is 20.5 Å². The van der Waals surface area contributed by atoms with Crippen LogP contribution in [0, 0.1) is 10.1 Å². The molecule has 136 valence electrons. The second-order valence-corrected chi connectivity index (χ2v) is 6.02. The van der Waals surface area contributed by atoms with Crippen LogP contribution in [0.5, 0.6) is 0 Å². The molecule has 10 nitrogen and oxygen atoms in total. The number of hydrogen-bond acceptors (Lipinski definition) is 6. The largest absolute Gasteiger partial charge is 0.477 e. The van der Waals surface area contributed by atoms with Crippen molar-refractivity contribution in [1.82, 2.24) is 5.32 Å². The van der Waals surface area contributed by atoms with Gasteiger partial charge in [0.15, 0.2) is 0 Å². The van der Waals surface area contributed by atoms with Gasteiger partial charge in [-0.1, -0.05) is 0 Å². The molecule has 1 rings (SSSR count). The summed E-state index contributed by atoms with van der Waals surface area (Å²) in [7, 11) is 0. The predicted molar refractivity (Wildman–Crippen MR) is 87.5 cm³/mol. The Kier molecular flexibility index (Phi) is 6.43. The van der Waals surface area contributed by atoms with Gasteiger partial charge in [0.2, 0.25) is 5.91 Å². The summed E-state index contributed by atoms with van der Waals surface area (Å²) in [5.74, 6) is -1.98. The fourth-order valence-electron chi connectivity index (χ4n) is 1.76. The van der Waals surface area contributed by atoms with Gasteiger partial charge in [-0.2, -0.15) is 0 Å². The Morgan fingerprint density at radius 3 is 2.44 bits per heavy atom. The van der Waals surface area contributed by atoms with E-state index in [0.29, 0.717) is 0 Å². The van der Waals surface area contributed by atoms with Crippen molar-refractivity contribution < 1.29 is 29.2 Å². The van der Waals surface area contributed by atoms with E-state index in [2.05, 4.69) is 10.6 Å². The van der Waals surface area contributed by atoms with E-state index < -0.39 is 39.7 Å². The fourth-order valence-corrected chi connectivity index (χ4v) is 1.76. The number of nitrogens with one attached hydrogen (secondary N) is 2. The highest BCUT2D eigenvalue weighted by Gasteiger charge is 2.20. The van der Waals surface area contributed by atoms with E-state index in [9.17, 15) is 24.5 Å². The zero-order valence-electron chi connectivity index (χ0n) is 14.0. The zero-order valence-corrected chi connectivity index (χ0v) is 14.0. The number of nitro benzene ring substituents is 1. The quantitative estimate of drug-likeness (QED) is 0.524. The van der Waals surface area contributed by atoms with Crippen molar-refractivity contribution in [3.63, 3.8) is 0 Å². The van der Waals surface area contributed by atoms with Crippen LogP contribution < -0.4 is 10.6 Å². The first-order chi connectivity index (χ1) is 11.5. The van der Waals surface area contributed by atoms with Crippen LogP contribution in [0.2, 0.25) is 0 Å². The molecule has 1 aromatic carbocycles. The van der Waals surface area contributed by atoms with Gasteiger partial charge in [0.25, 0.3) is 5.69 Å². The Labute approximate surface area is 143 Å². The molecule has 0 aliphatic rings. The number of carboxylic acid groups (broad SMARTS) is 1. The maximum atomic E-state index is 11.8. The average Bonchev–Trinajstić information content (AvgIpc) is 2.44. The summed E-state index contributed by atoms with van der Waals surface area (Å²) in [6.07, 6.45) is -0.748. The third-order valence-electron chi connectivity index (χ3n) is 2.73. The first-order valence-corrected chi connectivity index (χ1v) is 7.28. The van der Waals surface area contributed by atoms with Crippen LogP contribution in [0.25, 0.3) is 0 Å². The molecular formula is C15H19N3O7. The predicted octanol–water partition coefficient (Wildman–Crippen LogP) is 2.15. The van der Waals surface area contributed by atoms with Gasteiger partial charge in [-0.3, -0.25) is 14.9 Å². The van der Waals surface area contributed by atoms with Crippen LogP contribution in [-0.2, 0) is 9.53 Å². The maximum Gasteiger partial charge on any atom is 0.407 e. The Hall–Kier alpha value is -3.17. The minimum absolute atomic E-state index is 0.0134. The third-order valence-corrected chi connectivity index (χ3v) is 2.73. The molecule has 0 bridgehead atoms. The molecule has 0 unspecified atom stereocenters. The van der Waals surface area contributed by atoms with Gasteiger partial charge in [-0.15, -0.1) is 0 Å². The minimum Gasteiger partial charge on any atom is -0.477 e. The minimum atomic E-state index is -1.48. The summed E-state index contributed by atoms with van der Waals surface area (Å²) < 4.78 is 5.00. The lowest BCUT2D eigenvalue weighted by molar-refractivity contribution is -0.385. The molecule has 0 saturated heterocycles. The number of carbonyl (C=O) groups is 3. The van der Waals surface area contributed by atoms with Crippen molar-refractivity contribution in [1.29, 1.82) is 0 Å². The summed E-state index contributed by atoms with van der Waals surface area (Å²) in [6.45, 7) is 5.12. The lowest BCUT2D eigenvalue weighted by Crippen LogP contribution is -2.34. The first kappa shape index (κ1) is 19.9. The number of nitro groups is 1. The number of amides is 2. The molecule has 0 radical (unpaired) electrons. The Morgan fingerprint density at radius 1 is 1.28 bits per heavy atom. The number of carboxylic acids is 1. The normalized spacial score (nSPS) is 10.7. The molecule has 0 aliphatic heterocycles. The lowest BCUT2D eigenvalue weighted by atomic mass is 10.1. The standard InChI is InChI=1S/C15H19N3O7/c1-15(2,3)25-14(22)16-7-6-12(19)17-9-4-5-11(18(23)24)10(8-9)13(20)21/h4-5,8H,6-7H2,1-3H3,(H,16,22)(H,17,19)(H,20,21). The summed E-state index contributed by atoms with van der Waals surface area (Å²) >= 11 is 0. The van der Waals surface area contributed by atoms with Gasteiger partial charge in [0.1, 0.15) is 11.2 Å². The van der Waals surface area contributed by atoms with Crippen LogP contribution in [0.3, 0.4) is 0 Å². The lowest BCUT2D eigenvalue weighted by Gasteiger charge is -2.19. The molecule has 2 amide bonds. The van der Waals surface area contributed by atoms with E-state index in [4.69, 9.17) is 9.84 Å². The molecule has 3 N–H and O–H groups in total. The van der Waals surface area contributed by atoms with E-state index in [1.807, 2.05) is 0 Å². The number of hydrogen-bond donors (Lipinski definition) is 3. The molecule has 0 aliphatic carbocycles. The molecule has 10 heteroatoms. The van der Waals surface area contributed by atoms with E-state index in [-0.39, 0.29) is 18.7 Å². The second-order valence-electron chi connectivity index (χ2n) is 6.02. The van der Waals surface area contributed by atoms with E-state index in [0.717, 1.165) is 12.1 Å². The van der Waals surface area contributed by atoms with Crippen LogP contribution in [-0.4, -0.2) is 40.1 Å². The number of anilines is 1. The molecule has 0 atom stereocenters. The summed E-state index contributed by atoms with van der Waals surface area (Å²) in [6, 6.07) is 3.22. The molecule has 0 spiro atoms. The van der Waals surface area contributed by atoms with Gasteiger partial charge in [0.05, 0.1) is 4.92 Å². The number of alkyl carbamates (subject to hydrolysis) is 1. The van der Waals surface area contributed by atoms with Crippen molar-refractivity contribution in [2.24, 2.45) is 0 Å². The molecule has 0 heterocycles. The van der Waals surface area contributed by atoms with Crippen molar-refractivity contribution in [3.05, 3.63) is 33.9 Å². The molecule has 0 fully saturated rings. The van der Waals surface area contributed by atoms with E-state index in [1.54, 1.807) is 20.8 Å². The molecule has 0 aromatic heterocycles. The number of benzene rings is 1. The number of aromatic carboxylic acids is 1. The van der Waals surface area contributed by atoms with Gasteiger partial charge >= 0.3 is 12.1 Å². The Balaban J connectivity index is 2.60. The van der Waals surface area contributed by atoms with Crippen LogP contribution >= 0.6 is 0 Å². The first-order valence-electron chi connectivity index (χ1n) is 7.28. The number of ether oxygens (including phenoxy) is 1. The maximum absolute atomic E-state index is 11.8. The van der Waals surface area contributed by atoms with Crippen molar-refractivity contribution >= 4 is 29.3 Å². The van der Waals surface area contributed by atoms with Crippen LogP contribution in [0.4, 0.5) is 16.2 Å². The SMILES string of the molecule is CC(C)(C)OC(=O)NCCC(=O)Nc1ccc([N+](=O)[O-])c(C(=O)O)c1. The van der Waals surface area contributed by atoms with Gasteiger partial charge in [-0.25, -0.2) is 9.59 Å². The highest BCUT2D eigenvalue weighted by Crippen LogP contribution is 2.22. The van der Waals surface area contributed by atoms with Gasteiger partial charge in [-0.05, 0) is 32.9 Å². The van der Waals surface area contributed by atoms with E-state index >= 15 is 0 Å². The highest BCUT2D eigenvalue weighted by atomic mass is 16.6. The number of rotatable bonds is 6. The fraction of sp³-hybridized carbons (Fsp3) is 0.400. The van der Waals surface area contributed by atoms with Crippen LogP contribution in [0.15, 0.2) is 18.2 Å². The van der Waals surface area contributed by atoms with E-state index in [1.165, 1.54) is 6.07 Å². The summed E-state index contributed by atoms with van der Waals surface area (Å²) in [5.41, 5.74) is -1.66. The Morgan fingerprint density at radius 2 is 1.92 bits per heavy atom. The molecule has 1 aromatic rings. The zero-order chi connectivity index (χ0) is 19.2. The smallest absolute Gasteiger partial charge is 0.407 e. The van der Waals surface area contributed by atoms with Crippen molar-refractivity contribution in [3.8, 4) is 0 Å². The monoisotopic (exact) mass is 353 g/mol. The third kappa shape index (κ3) is 6.85. The molecule has 25 heavy (non-hydrogen) atoms. The second kappa shape index (κ2) is 8.08. The average molecular weight is 353 g/mol. The van der Waals surface area contributed by atoms with Crippen molar-refractivity contribution in [2.75, 3.05) is 11.9 Å². The molecule has 0 saturated carbocycles. The van der Waals surface area contributed by atoms with Crippen LogP contribution in [0.1, 0.15) is 37.6 Å².